The highest BCUT2D eigenvalue weighted by Crippen LogP contribution is 2.23. The van der Waals surface area contributed by atoms with Crippen LogP contribution in [0.15, 0.2) is 0 Å². The van der Waals surface area contributed by atoms with E-state index in [1.54, 1.807) is 0 Å². The Labute approximate surface area is 84.9 Å². The molecule has 1 N–H and O–H groups in total. The Morgan fingerprint density at radius 3 is 2.69 bits per heavy atom. The number of hydrogen-bond acceptors (Lipinski definition) is 2. The first-order chi connectivity index (χ1) is 6.00. The molecular formula is C10H19NOS. The van der Waals surface area contributed by atoms with Gasteiger partial charge < -0.3 is 5.32 Å². The molecule has 0 saturated carbocycles. The van der Waals surface area contributed by atoms with Gasteiger partial charge in [0.05, 0.1) is 0 Å². The molecule has 1 aliphatic heterocycles. The van der Waals surface area contributed by atoms with Crippen LogP contribution in [0.3, 0.4) is 0 Å². The van der Waals surface area contributed by atoms with Crippen molar-refractivity contribution < 1.29 is 4.79 Å². The van der Waals surface area contributed by atoms with E-state index in [9.17, 15) is 4.79 Å². The topological polar surface area (TPSA) is 29.1 Å². The van der Waals surface area contributed by atoms with Crippen molar-refractivity contribution in [3.63, 3.8) is 0 Å². The van der Waals surface area contributed by atoms with E-state index in [-0.39, 0.29) is 11.3 Å². The van der Waals surface area contributed by atoms with Gasteiger partial charge in [-0.1, -0.05) is 20.8 Å². The molecule has 1 unspecified atom stereocenters. The lowest BCUT2D eigenvalue weighted by molar-refractivity contribution is -0.128. The van der Waals surface area contributed by atoms with Gasteiger partial charge in [-0.15, -0.1) is 0 Å². The Hall–Kier alpha value is -0.180. The van der Waals surface area contributed by atoms with Crippen LogP contribution in [0.2, 0.25) is 0 Å². The highest BCUT2D eigenvalue weighted by molar-refractivity contribution is 7.99. The van der Waals surface area contributed by atoms with Gasteiger partial charge in [-0.25, -0.2) is 0 Å². The Kier molecular flexibility index (Phi) is 3.65. The highest BCUT2D eigenvalue weighted by atomic mass is 32.2. The van der Waals surface area contributed by atoms with Crippen LogP contribution < -0.4 is 5.32 Å². The van der Waals surface area contributed by atoms with Crippen LogP contribution >= 0.6 is 11.8 Å². The Morgan fingerprint density at radius 1 is 1.54 bits per heavy atom. The first kappa shape index (κ1) is 10.9. The molecule has 76 valence electrons. The molecule has 0 aromatic heterocycles. The van der Waals surface area contributed by atoms with E-state index in [0.717, 1.165) is 6.54 Å². The summed E-state index contributed by atoms with van der Waals surface area (Å²) in [6, 6.07) is 0. The van der Waals surface area contributed by atoms with Crippen LogP contribution in [-0.2, 0) is 4.79 Å². The summed E-state index contributed by atoms with van der Waals surface area (Å²) >= 11 is 1.99. The van der Waals surface area contributed by atoms with E-state index in [2.05, 4.69) is 5.32 Å². The molecule has 0 aliphatic carbocycles. The van der Waals surface area contributed by atoms with Crippen LogP contribution in [0.1, 0.15) is 27.2 Å². The number of rotatable bonds is 2. The maximum atomic E-state index is 11.5. The van der Waals surface area contributed by atoms with Crippen LogP contribution in [0.25, 0.3) is 0 Å². The molecule has 0 bridgehead atoms. The van der Waals surface area contributed by atoms with E-state index in [1.165, 1.54) is 17.9 Å². The summed E-state index contributed by atoms with van der Waals surface area (Å²) in [4.78, 5) is 11.5. The van der Waals surface area contributed by atoms with E-state index in [0.29, 0.717) is 5.92 Å². The molecule has 2 nitrogen and oxygen atoms in total. The molecule has 1 rings (SSSR count). The lowest BCUT2D eigenvalue weighted by atomic mass is 9.95. The lowest BCUT2D eigenvalue weighted by Gasteiger charge is -2.19. The van der Waals surface area contributed by atoms with Gasteiger partial charge in [-0.3, -0.25) is 4.79 Å². The monoisotopic (exact) mass is 201 g/mol. The molecular weight excluding hydrogens is 182 g/mol. The van der Waals surface area contributed by atoms with Crippen molar-refractivity contribution in [3.05, 3.63) is 0 Å². The Balaban J connectivity index is 2.22. The van der Waals surface area contributed by atoms with Crippen molar-refractivity contribution >= 4 is 17.7 Å². The summed E-state index contributed by atoms with van der Waals surface area (Å²) < 4.78 is 0. The second-order valence-electron chi connectivity index (χ2n) is 4.69. The molecule has 1 saturated heterocycles. The first-order valence-electron chi connectivity index (χ1n) is 4.86. The second-order valence-corrected chi connectivity index (χ2v) is 5.84. The minimum absolute atomic E-state index is 0.171. The minimum Gasteiger partial charge on any atom is -0.355 e. The lowest BCUT2D eigenvalue weighted by Crippen LogP contribution is -2.37. The first-order valence-corrected chi connectivity index (χ1v) is 6.01. The standard InChI is InChI=1S/C10H19NOS/c1-10(2,3)9(12)11-6-8-4-5-13-7-8/h8H,4-7H2,1-3H3,(H,11,12). The van der Waals surface area contributed by atoms with Crippen LogP contribution in [0.5, 0.6) is 0 Å². The van der Waals surface area contributed by atoms with Gasteiger partial charge in [0.15, 0.2) is 0 Å². The molecule has 1 amide bonds. The number of amides is 1. The SMILES string of the molecule is CC(C)(C)C(=O)NCC1CCSC1. The van der Waals surface area contributed by atoms with Gasteiger partial charge in [0.25, 0.3) is 0 Å². The van der Waals surface area contributed by atoms with E-state index in [4.69, 9.17) is 0 Å². The van der Waals surface area contributed by atoms with Crippen molar-refractivity contribution in [2.24, 2.45) is 11.3 Å². The molecule has 1 aliphatic rings. The largest absolute Gasteiger partial charge is 0.355 e. The predicted octanol–water partition coefficient (Wildman–Crippen LogP) is 1.90. The van der Waals surface area contributed by atoms with Gasteiger partial charge in [0.2, 0.25) is 5.91 Å². The second kappa shape index (κ2) is 4.36. The van der Waals surface area contributed by atoms with Crippen molar-refractivity contribution in [2.75, 3.05) is 18.1 Å². The quantitative estimate of drug-likeness (QED) is 0.739. The van der Waals surface area contributed by atoms with Crippen molar-refractivity contribution in [2.45, 2.75) is 27.2 Å². The van der Waals surface area contributed by atoms with Gasteiger partial charge in [-0.2, -0.15) is 11.8 Å². The highest BCUT2D eigenvalue weighted by Gasteiger charge is 2.22. The zero-order valence-electron chi connectivity index (χ0n) is 8.72. The van der Waals surface area contributed by atoms with Crippen molar-refractivity contribution in [1.29, 1.82) is 0 Å². The molecule has 1 heterocycles. The number of nitrogens with one attached hydrogen (secondary N) is 1. The summed E-state index contributed by atoms with van der Waals surface area (Å²) in [5, 5.41) is 3.01. The maximum Gasteiger partial charge on any atom is 0.225 e. The van der Waals surface area contributed by atoms with Gasteiger partial charge in [-0.05, 0) is 23.8 Å². The summed E-state index contributed by atoms with van der Waals surface area (Å²) in [5.41, 5.74) is -0.244. The molecule has 1 atom stereocenters. The summed E-state index contributed by atoms with van der Waals surface area (Å²) in [5.74, 6) is 3.35. The summed E-state index contributed by atoms with van der Waals surface area (Å²) in [6.45, 7) is 6.71. The fourth-order valence-electron chi connectivity index (χ4n) is 1.25. The fraction of sp³-hybridized carbons (Fsp3) is 0.900. The minimum atomic E-state index is -0.244. The van der Waals surface area contributed by atoms with Crippen molar-refractivity contribution in [3.8, 4) is 0 Å². The van der Waals surface area contributed by atoms with E-state index >= 15 is 0 Å². The molecule has 3 heteroatoms. The molecule has 0 aromatic rings. The zero-order valence-corrected chi connectivity index (χ0v) is 9.54. The van der Waals surface area contributed by atoms with E-state index < -0.39 is 0 Å². The summed E-state index contributed by atoms with van der Waals surface area (Å²) in [6.07, 6.45) is 1.26. The number of hydrogen-bond donors (Lipinski definition) is 1. The van der Waals surface area contributed by atoms with Crippen LogP contribution in [0, 0.1) is 11.3 Å². The number of carbonyl (C=O) groups is 1. The summed E-state index contributed by atoms with van der Waals surface area (Å²) in [7, 11) is 0. The molecule has 13 heavy (non-hydrogen) atoms. The van der Waals surface area contributed by atoms with Crippen LogP contribution in [0.4, 0.5) is 0 Å². The molecule has 0 aromatic carbocycles. The van der Waals surface area contributed by atoms with Gasteiger partial charge in [0.1, 0.15) is 0 Å². The van der Waals surface area contributed by atoms with Crippen molar-refractivity contribution in [1.82, 2.24) is 5.32 Å². The average molecular weight is 201 g/mol. The van der Waals surface area contributed by atoms with Crippen LogP contribution in [-0.4, -0.2) is 24.0 Å². The van der Waals surface area contributed by atoms with Gasteiger partial charge >= 0.3 is 0 Å². The van der Waals surface area contributed by atoms with E-state index in [1.807, 2.05) is 32.5 Å². The maximum absolute atomic E-state index is 11.5. The smallest absolute Gasteiger partial charge is 0.225 e. The number of carbonyl (C=O) groups excluding carboxylic acids is 1. The number of thioether (sulfide) groups is 1. The molecule has 1 fully saturated rings. The molecule has 0 spiro atoms. The normalized spacial score (nSPS) is 23.2. The Morgan fingerprint density at radius 2 is 2.23 bits per heavy atom. The third-order valence-electron chi connectivity index (χ3n) is 2.26. The zero-order chi connectivity index (χ0) is 9.90. The third-order valence-corrected chi connectivity index (χ3v) is 3.49. The fourth-order valence-corrected chi connectivity index (χ4v) is 2.53. The molecule has 0 radical (unpaired) electrons. The predicted molar refractivity (Wildman–Crippen MR) is 57.9 cm³/mol. The Bertz CT molecular complexity index is 180. The van der Waals surface area contributed by atoms with Gasteiger partial charge in [0, 0.05) is 12.0 Å². The third kappa shape index (κ3) is 3.59. The average Bonchev–Trinajstić information content (AvgIpc) is 2.50.